The van der Waals surface area contributed by atoms with Gasteiger partial charge in [-0.25, -0.2) is 0 Å². The molecule has 2 aromatic carbocycles. The fraction of sp³-hybridized carbons (Fsp3) is 0.167. The van der Waals surface area contributed by atoms with Crippen molar-refractivity contribution in [2.45, 2.75) is 12.5 Å². The van der Waals surface area contributed by atoms with E-state index in [1.807, 2.05) is 48.5 Å². The maximum atomic E-state index is 5.54. The summed E-state index contributed by atoms with van der Waals surface area (Å²) in [5, 5.41) is 3.41. The van der Waals surface area contributed by atoms with E-state index in [1.165, 1.54) is 5.56 Å². The van der Waals surface area contributed by atoms with Crippen LogP contribution in [0.3, 0.4) is 0 Å². The van der Waals surface area contributed by atoms with Gasteiger partial charge in [-0.1, -0.05) is 60.8 Å². The summed E-state index contributed by atoms with van der Waals surface area (Å²) < 4.78 is 5.37. The number of rotatable bonds is 6. The third-order valence-electron chi connectivity index (χ3n) is 3.26. The summed E-state index contributed by atoms with van der Waals surface area (Å²) in [7, 11) is 1.65. The zero-order valence-corrected chi connectivity index (χ0v) is 12.9. The van der Waals surface area contributed by atoms with Gasteiger partial charge in [0, 0.05) is 0 Å². The van der Waals surface area contributed by atoms with E-state index in [-0.39, 0.29) is 6.04 Å². The molecule has 0 aromatic heterocycles. The van der Waals surface area contributed by atoms with Crippen LogP contribution in [-0.2, 0) is 0 Å². The van der Waals surface area contributed by atoms with E-state index in [2.05, 4.69) is 24.0 Å². The highest BCUT2D eigenvalue weighted by atomic mass is 32.1. The third kappa shape index (κ3) is 3.92. The number of methoxy groups -OCH3 is 1. The Morgan fingerprint density at radius 3 is 2.52 bits per heavy atom. The second-order valence-electron chi connectivity index (χ2n) is 4.66. The lowest BCUT2D eigenvalue weighted by molar-refractivity contribution is 0.413. The van der Waals surface area contributed by atoms with Gasteiger partial charge >= 0.3 is 0 Å². The van der Waals surface area contributed by atoms with Gasteiger partial charge in [-0.2, -0.15) is 0 Å². The smallest absolute Gasteiger partial charge is 0.129 e. The topological polar surface area (TPSA) is 21.3 Å². The molecule has 3 heteroatoms. The number of ether oxygens (including phenoxy) is 1. The van der Waals surface area contributed by atoms with E-state index in [4.69, 9.17) is 17.0 Å². The summed E-state index contributed by atoms with van der Waals surface area (Å²) in [6.07, 6.45) is 2.70. The fourth-order valence-electron chi connectivity index (χ4n) is 2.20. The Hall–Kier alpha value is -2.13. The molecule has 2 aromatic rings. The highest BCUT2D eigenvalue weighted by Gasteiger charge is 2.14. The first-order valence-electron chi connectivity index (χ1n) is 6.86. The normalized spacial score (nSPS) is 11.5. The van der Waals surface area contributed by atoms with Gasteiger partial charge in [-0.3, -0.25) is 0 Å². The maximum Gasteiger partial charge on any atom is 0.129 e. The number of hydrogen-bond donors (Lipinski definition) is 1. The van der Waals surface area contributed by atoms with E-state index in [0.717, 1.165) is 17.7 Å². The fourth-order valence-corrected chi connectivity index (χ4v) is 2.51. The molecule has 0 aliphatic carbocycles. The van der Waals surface area contributed by atoms with Gasteiger partial charge in [-0.05, 0) is 24.1 Å². The van der Waals surface area contributed by atoms with Crippen molar-refractivity contribution in [1.29, 1.82) is 0 Å². The van der Waals surface area contributed by atoms with Gasteiger partial charge in [0.15, 0.2) is 0 Å². The zero-order valence-electron chi connectivity index (χ0n) is 12.1. The summed E-state index contributed by atoms with van der Waals surface area (Å²) in [6.45, 7) is 3.83. The number of nitrogens with one attached hydrogen (secondary N) is 1. The standard InChI is InChI=1S/C18H19NOS/c1-3-9-16(14-10-5-4-6-11-14)19-18(21)15-12-7-8-13-17(15)20-2/h3-8,10-13,16H,1,9H2,2H3,(H,19,21). The molecule has 0 spiro atoms. The van der Waals surface area contributed by atoms with Gasteiger partial charge in [0.05, 0.1) is 18.7 Å². The Bertz CT molecular complexity index is 610. The number of thiocarbonyl (C=S) groups is 1. The molecule has 2 rings (SSSR count). The highest BCUT2D eigenvalue weighted by Crippen LogP contribution is 2.22. The summed E-state index contributed by atoms with van der Waals surface area (Å²) >= 11 is 5.54. The monoisotopic (exact) mass is 297 g/mol. The van der Waals surface area contributed by atoms with Gasteiger partial charge in [0.25, 0.3) is 0 Å². The van der Waals surface area contributed by atoms with Crippen LogP contribution in [0.25, 0.3) is 0 Å². The molecular formula is C18H19NOS. The molecule has 0 saturated carbocycles. The van der Waals surface area contributed by atoms with Crippen LogP contribution in [0.15, 0.2) is 67.3 Å². The van der Waals surface area contributed by atoms with Crippen LogP contribution < -0.4 is 10.1 Å². The summed E-state index contributed by atoms with van der Waals surface area (Å²) in [5.74, 6) is 0.778. The maximum absolute atomic E-state index is 5.54. The van der Waals surface area contributed by atoms with Crippen LogP contribution in [0.4, 0.5) is 0 Å². The Labute approximate surface area is 131 Å². The van der Waals surface area contributed by atoms with Gasteiger partial charge < -0.3 is 10.1 Å². The Morgan fingerprint density at radius 2 is 1.86 bits per heavy atom. The molecule has 1 N–H and O–H groups in total. The van der Waals surface area contributed by atoms with Crippen molar-refractivity contribution in [3.05, 3.63) is 78.4 Å². The van der Waals surface area contributed by atoms with E-state index in [1.54, 1.807) is 7.11 Å². The minimum Gasteiger partial charge on any atom is -0.496 e. The van der Waals surface area contributed by atoms with Crippen molar-refractivity contribution in [3.63, 3.8) is 0 Å². The van der Waals surface area contributed by atoms with Crippen molar-refractivity contribution in [1.82, 2.24) is 5.32 Å². The predicted molar refractivity (Wildman–Crippen MR) is 91.8 cm³/mol. The molecule has 0 heterocycles. The Balaban J connectivity index is 2.21. The molecule has 1 atom stereocenters. The van der Waals surface area contributed by atoms with Crippen molar-refractivity contribution in [3.8, 4) is 5.75 Å². The second kappa shape index (κ2) is 7.60. The zero-order chi connectivity index (χ0) is 15.1. The van der Waals surface area contributed by atoms with Crippen LogP contribution in [0.1, 0.15) is 23.6 Å². The van der Waals surface area contributed by atoms with Crippen LogP contribution >= 0.6 is 12.2 Å². The van der Waals surface area contributed by atoms with Crippen LogP contribution in [0.5, 0.6) is 5.75 Å². The molecule has 1 unspecified atom stereocenters. The predicted octanol–water partition coefficient (Wildman–Crippen LogP) is 4.28. The van der Waals surface area contributed by atoms with Crippen molar-refractivity contribution < 1.29 is 4.74 Å². The van der Waals surface area contributed by atoms with Crippen LogP contribution in [0, 0.1) is 0 Å². The van der Waals surface area contributed by atoms with Crippen LogP contribution in [-0.4, -0.2) is 12.1 Å². The SMILES string of the molecule is C=CCC(NC(=S)c1ccccc1OC)c1ccccc1. The largest absolute Gasteiger partial charge is 0.496 e. The minimum atomic E-state index is 0.112. The Morgan fingerprint density at radius 1 is 1.19 bits per heavy atom. The third-order valence-corrected chi connectivity index (χ3v) is 3.60. The molecule has 0 saturated heterocycles. The average molecular weight is 297 g/mol. The Kier molecular flexibility index (Phi) is 5.52. The van der Waals surface area contributed by atoms with Crippen molar-refractivity contribution >= 4 is 17.2 Å². The first kappa shape index (κ1) is 15.3. The first-order chi connectivity index (χ1) is 10.3. The lowest BCUT2D eigenvalue weighted by Crippen LogP contribution is -2.27. The molecule has 21 heavy (non-hydrogen) atoms. The van der Waals surface area contributed by atoms with E-state index in [9.17, 15) is 0 Å². The lowest BCUT2D eigenvalue weighted by atomic mass is 10.0. The molecule has 2 nitrogen and oxygen atoms in total. The molecule has 108 valence electrons. The second-order valence-corrected chi connectivity index (χ2v) is 5.07. The first-order valence-corrected chi connectivity index (χ1v) is 7.26. The number of para-hydroxylation sites is 1. The van der Waals surface area contributed by atoms with E-state index < -0.39 is 0 Å². The number of benzene rings is 2. The van der Waals surface area contributed by atoms with Crippen molar-refractivity contribution in [2.75, 3.05) is 7.11 Å². The average Bonchev–Trinajstić information content (AvgIpc) is 2.55. The van der Waals surface area contributed by atoms with Crippen LogP contribution in [0.2, 0.25) is 0 Å². The number of hydrogen-bond acceptors (Lipinski definition) is 2. The molecule has 0 aliphatic heterocycles. The van der Waals surface area contributed by atoms with Gasteiger partial charge in [0.1, 0.15) is 10.7 Å². The lowest BCUT2D eigenvalue weighted by Gasteiger charge is -2.20. The molecule has 0 fully saturated rings. The summed E-state index contributed by atoms with van der Waals surface area (Å²) in [6, 6.07) is 18.1. The molecule has 0 radical (unpaired) electrons. The highest BCUT2D eigenvalue weighted by molar-refractivity contribution is 7.80. The molecule has 0 bridgehead atoms. The summed E-state index contributed by atoms with van der Waals surface area (Å²) in [5.41, 5.74) is 2.09. The quantitative estimate of drug-likeness (QED) is 0.635. The summed E-state index contributed by atoms with van der Waals surface area (Å²) in [4.78, 5) is 0.683. The molecular weight excluding hydrogens is 278 g/mol. The minimum absolute atomic E-state index is 0.112. The van der Waals surface area contributed by atoms with Crippen molar-refractivity contribution in [2.24, 2.45) is 0 Å². The van der Waals surface area contributed by atoms with Gasteiger partial charge in [-0.15, -0.1) is 6.58 Å². The van der Waals surface area contributed by atoms with E-state index in [0.29, 0.717) is 4.99 Å². The van der Waals surface area contributed by atoms with E-state index >= 15 is 0 Å². The van der Waals surface area contributed by atoms with Gasteiger partial charge in [0.2, 0.25) is 0 Å². The molecule has 0 aliphatic rings. The molecule has 0 amide bonds.